The van der Waals surface area contributed by atoms with Gasteiger partial charge < -0.3 is 18.9 Å². The molecule has 1 saturated heterocycles. The first kappa shape index (κ1) is 20.3. The lowest BCUT2D eigenvalue weighted by molar-refractivity contribution is 0.0650. The van der Waals surface area contributed by atoms with Gasteiger partial charge in [0.15, 0.2) is 17.3 Å². The Morgan fingerprint density at radius 1 is 1.00 bits per heavy atom. The molecule has 1 aromatic heterocycles. The van der Waals surface area contributed by atoms with Crippen molar-refractivity contribution in [3.8, 4) is 17.2 Å². The van der Waals surface area contributed by atoms with Crippen LogP contribution in [-0.2, 0) is 0 Å². The van der Waals surface area contributed by atoms with Crippen LogP contribution in [0.25, 0.3) is 5.69 Å². The highest BCUT2D eigenvalue weighted by Gasteiger charge is 2.30. The van der Waals surface area contributed by atoms with E-state index in [0.29, 0.717) is 61.8 Å². The number of ketones is 1. The molecule has 0 aliphatic carbocycles. The van der Waals surface area contributed by atoms with Crippen LogP contribution in [0, 0.1) is 12.8 Å². The second kappa shape index (κ2) is 8.49. The maximum absolute atomic E-state index is 13.4. The molecule has 0 unspecified atom stereocenters. The Hall–Kier alpha value is -3.61. The van der Waals surface area contributed by atoms with E-state index in [4.69, 9.17) is 9.47 Å². The number of fused-ring (bicyclic) bond motifs is 1. The van der Waals surface area contributed by atoms with Crippen LogP contribution >= 0.6 is 0 Å². The molecule has 0 spiro atoms. The van der Waals surface area contributed by atoms with Crippen molar-refractivity contribution in [3.05, 3.63) is 71.8 Å². The van der Waals surface area contributed by atoms with Crippen LogP contribution in [0.4, 0.5) is 0 Å². The van der Waals surface area contributed by atoms with Crippen molar-refractivity contribution >= 4 is 11.7 Å². The zero-order chi connectivity index (χ0) is 22.1. The van der Waals surface area contributed by atoms with Crippen LogP contribution in [0.1, 0.15) is 39.1 Å². The second-order valence-electron chi connectivity index (χ2n) is 8.28. The number of hydrogen-bond acceptors (Lipinski definition) is 5. The lowest BCUT2D eigenvalue weighted by Crippen LogP contribution is -2.40. The molecule has 3 aromatic rings. The Kier molecular flexibility index (Phi) is 5.39. The number of imidazole rings is 1. The summed E-state index contributed by atoms with van der Waals surface area (Å²) < 4.78 is 13.0. The average Bonchev–Trinajstić information content (AvgIpc) is 3.38. The lowest BCUT2D eigenvalue weighted by Gasteiger charge is -2.32. The van der Waals surface area contributed by atoms with Gasteiger partial charge in [0.2, 0.25) is 0 Å². The number of carbonyl (C=O) groups is 2. The first-order chi connectivity index (χ1) is 15.6. The van der Waals surface area contributed by atoms with E-state index in [-0.39, 0.29) is 17.6 Å². The van der Waals surface area contributed by atoms with E-state index >= 15 is 0 Å². The van der Waals surface area contributed by atoms with Crippen LogP contribution < -0.4 is 9.47 Å². The molecule has 7 heteroatoms. The van der Waals surface area contributed by atoms with Gasteiger partial charge in [0.1, 0.15) is 13.2 Å². The Labute approximate surface area is 186 Å². The number of carbonyl (C=O) groups excluding carboxylic acids is 2. The molecule has 164 valence electrons. The average molecular weight is 431 g/mol. The Morgan fingerprint density at radius 3 is 2.53 bits per heavy atom. The van der Waals surface area contributed by atoms with Crippen LogP contribution in [0.15, 0.2) is 55.1 Å². The van der Waals surface area contributed by atoms with Crippen LogP contribution in [0.2, 0.25) is 0 Å². The lowest BCUT2D eigenvalue weighted by atomic mass is 9.88. The Balaban J connectivity index is 1.29. The van der Waals surface area contributed by atoms with E-state index < -0.39 is 0 Å². The standard InChI is InChI=1S/C25H25N3O4/c1-17-2-4-21(28-11-8-26-16-28)20(14-17)25(30)27-9-6-18(7-10-27)24(29)19-3-5-22-23(15-19)32-13-12-31-22/h2-5,8,11,14-16,18H,6-7,9-10,12-13H2,1H3. The minimum absolute atomic E-state index is 0.0115. The third-order valence-corrected chi connectivity index (χ3v) is 6.14. The number of likely N-dealkylation sites (tertiary alicyclic amines) is 1. The van der Waals surface area contributed by atoms with Gasteiger partial charge in [0, 0.05) is 37.0 Å². The van der Waals surface area contributed by atoms with Crippen molar-refractivity contribution < 1.29 is 19.1 Å². The van der Waals surface area contributed by atoms with Crippen molar-refractivity contribution in [2.75, 3.05) is 26.3 Å². The topological polar surface area (TPSA) is 73.7 Å². The molecule has 0 N–H and O–H groups in total. The number of rotatable bonds is 4. The third-order valence-electron chi connectivity index (χ3n) is 6.14. The number of nitrogens with zero attached hydrogens (tertiary/aromatic N) is 3. The van der Waals surface area contributed by atoms with Crippen molar-refractivity contribution in [2.24, 2.45) is 5.92 Å². The Bertz CT molecular complexity index is 1150. The smallest absolute Gasteiger partial charge is 0.255 e. The van der Waals surface area contributed by atoms with Gasteiger partial charge in [0.25, 0.3) is 5.91 Å². The van der Waals surface area contributed by atoms with Crippen LogP contribution in [-0.4, -0.2) is 52.4 Å². The molecule has 0 bridgehead atoms. The van der Waals surface area contributed by atoms with E-state index in [2.05, 4.69) is 4.98 Å². The quantitative estimate of drug-likeness (QED) is 0.589. The summed E-state index contributed by atoms with van der Waals surface area (Å²) >= 11 is 0. The molecular formula is C25H25N3O4. The van der Waals surface area contributed by atoms with Crippen molar-refractivity contribution in [3.63, 3.8) is 0 Å². The molecule has 0 saturated carbocycles. The van der Waals surface area contributed by atoms with Gasteiger partial charge in [-0.25, -0.2) is 4.98 Å². The molecule has 2 aliphatic heterocycles. The zero-order valence-corrected chi connectivity index (χ0v) is 18.0. The minimum atomic E-state index is -0.104. The summed E-state index contributed by atoms with van der Waals surface area (Å²) in [4.78, 5) is 32.4. The van der Waals surface area contributed by atoms with Gasteiger partial charge in [0.05, 0.1) is 17.6 Å². The molecule has 1 fully saturated rings. The summed E-state index contributed by atoms with van der Waals surface area (Å²) in [5.41, 5.74) is 3.13. The maximum atomic E-state index is 13.4. The molecule has 32 heavy (non-hydrogen) atoms. The fourth-order valence-electron chi connectivity index (χ4n) is 4.40. The van der Waals surface area contributed by atoms with Crippen molar-refractivity contribution in [2.45, 2.75) is 19.8 Å². The summed E-state index contributed by atoms with van der Waals surface area (Å²) in [6.45, 7) is 4.10. The minimum Gasteiger partial charge on any atom is -0.486 e. The van der Waals surface area contributed by atoms with E-state index in [1.54, 1.807) is 30.7 Å². The van der Waals surface area contributed by atoms with Crippen molar-refractivity contribution in [1.82, 2.24) is 14.5 Å². The first-order valence-electron chi connectivity index (χ1n) is 10.9. The van der Waals surface area contributed by atoms with Gasteiger partial charge in [-0.15, -0.1) is 0 Å². The molecule has 2 aromatic carbocycles. The number of ether oxygens (including phenoxy) is 2. The molecule has 2 aliphatic rings. The Morgan fingerprint density at radius 2 is 1.78 bits per heavy atom. The summed E-state index contributed by atoms with van der Waals surface area (Å²) in [7, 11) is 0. The molecule has 0 radical (unpaired) electrons. The highest BCUT2D eigenvalue weighted by Crippen LogP contribution is 2.33. The number of aryl methyl sites for hydroxylation is 1. The number of amides is 1. The highest BCUT2D eigenvalue weighted by molar-refractivity contribution is 6.00. The fraction of sp³-hybridized carbons (Fsp3) is 0.320. The van der Waals surface area contributed by atoms with Gasteiger partial charge in [-0.1, -0.05) is 11.6 Å². The van der Waals surface area contributed by atoms with E-state index in [1.807, 2.05) is 40.8 Å². The third kappa shape index (κ3) is 3.86. The molecular weight excluding hydrogens is 406 g/mol. The van der Waals surface area contributed by atoms with Crippen molar-refractivity contribution in [1.29, 1.82) is 0 Å². The summed E-state index contributed by atoms with van der Waals surface area (Å²) in [6.07, 6.45) is 6.51. The SMILES string of the molecule is Cc1ccc(-n2ccnc2)c(C(=O)N2CCC(C(=O)c3ccc4c(c3)OCCO4)CC2)c1. The van der Waals surface area contributed by atoms with Crippen LogP contribution in [0.3, 0.4) is 0 Å². The second-order valence-corrected chi connectivity index (χ2v) is 8.28. The van der Waals surface area contributed by atoms with Gasteiger partial charge in [-0.3, -0.25) is 9.59 Å². The predicted molar refractivity (Wildman–Crippen MR) is 119 cm³/mol. The van der Waals surface area contributed by atoms with Gasteiger partial charge >= 0.3 is 0 Å². The number of aromatic nitrogens is 2. The predicted octanol–water partition coefficient (Wildman–Crippen LogP) is 3.69. The zero-order valence-electron chi connectivity index (χ0n) is 18.0. The fourth-order valence-corrected chi connectivity index (χ4v) is 4.40. The summed E-state index contributed by atoms with van der Waals surface area (Å²) in [5, 5.41) is 0. The summed E-state index contributed by atoms with van der Waals surface area (Å²) in [5.74, 6) is 1.29. The normalized spacial score (nSPS) is 16.1. The summed E-state index contributed by atoms with van der Waals surface area (Å²) in [6, 6.07) is 11.2. The van der Waals surface area contributed by atoms with Crippen LogP contribution in [0.5, 0.6) is 11.5 Å². The molecule has 0 atom stereocenters. The molecule has 7 nitrogen and oxygen atoms in total. The highest BCUT2D eigenvalue weighted by atomic mass is 16.6. The van der Waals surface area contributed by atoms with E-state index in [9.17, 15) is 9.59 Å². The van der Waals surface area contributed by atoms with E-state index in [0.717, 1.165) is 11.3 Å². The molecule has 1 amide bonds. The molecule has 3 heterocycles. The first-order valence-corrected chi connectivity index (χ1v) is 10.9. The molecule has 5 rings (SSSR count). The number of piperidine rings is 1. The number of benzene rings is 2. The van der Waals surface area contributed by atoms with E-state index in [1.165, 1.54) is 0 Å². The number of hydrogen-bond donors (Lipinski definition) is 0. The maximum Gasteiger partial charge on any atom is 0.255 e. The largest absolute Gasteiger partial charge is 0.486 e. The van der Waals surface area contributed by atoms with Gasteiger partial charge in [-0.05, 0) is 50.1 Å². The number of Topliss-reactive ketones (excluding diaryl/α,β-unsaturated/α-hetero) is 1. The monoisotopic (exact) mass is 431 g/mol. The van der Waals surface area contributed by atoms with Gasteiger partial charge in [-0.2, -0.15) is 0 Å².